The van der Waals surface area contributed by atoms with Crippen LogP contribution in [0.25, 0.3) is 0 Å². The quantitative estimate of drug-likeness (QED) is 0.836. The average Bonchev–Trinajstić information content (AvgIpc) is 2.95. The molecule has 3 N–H and O–H groups in total. The molecule has 2 aliphatic rings. The minimum atomic E-state index is -3.00. The summed E-state index contributed by atoms with van der Waals surface area (Å²) in [6, 6.07) is -0.289. The van der Waals surface area contributed by atoms with Gasteiger partial charge >= 0.3 is 0 Å². The molecule has 2 heterocycles. The summed E-state index contributed by atoms with van der Waals surface area (Å²) >= 11 is 1.52. The molecular weight excluding hydrogens is 344 g/mol. The molecule has 24 heavy (non-hydrogen) atoms. The molecule has 0 aromatic carbocycles. The summed E-state index contributed by atoms with van der Waals surface area (Å²) in [5.41, 5.74) is 8.06. The molecule has 1 aliphatic heterocycles. The van der Waals surface area contributed by atoms with Gasteiger partial charge in [-0.3, -0.25) is 4.79 Å². The molecule has 2 atom stereocenters. The molecule has 1 fully saturated rings. The topological polar surface area (TPSA) is 89.3 Å². The summed E-state index contributed by atoms with van der Waals surface area (Å²) in [6.45, 7) is 6.77. The lowest BCUT2D eigenvalue weighted by atomic mass is 9.72. The second kappa shape index (κ2) is 6.02. The van der Waals surface area contributed by atoms with E-state index in [4.69, 9.17) is 5.73 Å². The number of carbonyl (C=O) groups excluding carboxylic acids is 1. The molecule has 7 heteroatoms. The van der Waals surface area contributed by atoms with E-state index in [1.807, 2.05) is 0 Å². The molecule has 3 rings (SSSR count). The fourth-order valence-electron chi connectivity index (χ4n) is 3.76. The smallest absolute Gasteiger partial charge is 0.254 e. The largest absolute Gasteiger partial charge is 0.390 e. The highest BCUT2D eigenvalue weighted by Gasteiger charge is 2.35. The Morgan fingerprint density at radius 3 is 2.58 bits per heavy atom. The number of hydrogen-bond acceptors (Lipinski definition) is 5. The summed E-state index contributed by atoms with van der Waals surface area (Å²) in [6.07, 6.45) is 3.40. The highest BCUT2D eigenvalue weighted by Crippen LogP contribution is 2.43. The summed E-state index contributed by atoms with van der Waals surface area (Å²) in [4.78, 5) is 13.9. The lowest BCUT2D eigenvalue weighted by Crippen LogP contribution is -2.36. The van der Waals surface area contributed by atoms with Gasteiger partial charge in [0.15, 0.2) is 9.84 Å². The first-order valence-corrected chi connectivity index (χ1v) is 11.1. The van der Waals surface area contributed by atoms with Crippen molar-refractivity contribution in [2.45, 2.75) is 52.5 Å². The predicted molar refractivity (Wildman–Crippen MR) is 98.2 cm³/mol. The zero-order valence-corrected chi connectivity index (χ0v) is 16.1. The maximum atomic E-state index is 12.7. The number of nitrogen functional groups attached to an aromatic ring is 1. The van der Waals surface area contributed by atoms with E-state index < -0.39 is 9.84 Å². The molecule has 1 saturated heterocycles. The van der Waals surface area contributed by atoms with Gasteiger partial charge < -0.3 is 11.1 Å². The number of amides is 1. The van der Waals surface area contributed by atoms with Gasteiger partial charge in [0.05, 0.1) is 22.1 Å². The van der Waals surface area contributed by atoms with Crippen molar-refractivity contribution in [3.8, 4) is 0 Å². The monoisotopic (exact) mass is 370 g/mol. The minimum Gasteiger partial charge on any atom is -0.390 e. The van der Waals surface area contributed by atoms with Gasteiger partial charge in [-0.25, -0.2) is 8.42 Å². The first-order valence-electron chi connectivity index (χ1n) is 8.48. The van der Waals surface area contributed by atoms with Crippen LogP contribution in [0.15, 0.2) is 0 Å². The van der Waals surface area contributed by atoms with Crippen molar-refractivity contribution < 1.29 is 13.2 Å². The Balaban J connectivity index is 1.78. The molecule has 0 radical (unpaired) electrons. The van der Waals surface area contributed by atoms with Crippen molar-refractivity contribution in [2.75, 3.05) is 17.2 Å². The normalized spacial score (nSPS) is 26.1. The fourth-order valence-corrected chi connectivity index (χ4v) is 6.63. The van der Waals surface area contributed by atoms with Crippen LogP contribution >= 0.6 is 11.3 Å². The lowest BCUT2D eigenvalue weighted by Gasteiger charge is -2.33. The maximum Gasteiger partial charge on any atom is 0.254 e. The molecule has 5 nitrogen and oxygen atoms in total. The third kappa shape index (κ3) is 3.47. The Hall–Kier alpha value is -1.08. The van der Waals surface area contributed by atoms with Gasteiger partial charge in [-0.1, -0.05) is 20.8 Å². The van der Waals surface area contributed by atoms with Crippen LogP contribution in [-0.2, 0) is 22.7 Å². The molecule has 134 valence electrons. The van der Waals surface area contributed by atoms with Crippen LogP contribution in [0, 0.1) is 11.3 Å². The van der Waals surface area contributed by atoms with E-state index in [9.17, 15) is 13.2 Å². The number of nitrogens with two attached hydrogens (primary N) is 1. The Morgan fingerprint density at radius 1 is 1.29 bits per heavy atom. The van der Waals surface area contributed by atoms with E-state index in [-0.39, 0.29) is 28.9 Å². The highest BCUT2D eigenvalue weighted by molar-refractivity contribution is 7.91. The van der Waals surface area contributed by atoms with E-state index in [0.717, 1.165) is 24.8 Å². The van der Waals surface area contributed by atoms with E-state index in [0.29, 0.717) is 22.9 Å². The molecule has 1 aromatic rings. The van der Waals surface area contributed by atoms with Gasteiger partial charge in [-0.15, -0.1) is 11.3 Å². The van der Waals surface area contributed by atoms with Crippen molar-refractivity contribution >= 4 is 32.1 Å². The van der Waals surface area contributed by atoms with E-state index in [1.54, 1.807) is 0 Å². The van der Waals surface area contributed by atoms with Crippen molar-refractivity contribution in [1.82, 2.24) is 5.32 Å². The summed E-state index contributed by atoms with van der Waals surface area (Å²) in [7, 11) is -3.00. The van der Waals surface area contributed by atoms with Crippen LogP contribution in [0.2, 0.25) is 0 Å². The fraction of sp³-hybridized carbons (Fsp3) is 0.706. The van der Waals surface area contributed by atoms with Gasteiger partial charge in [0.2, 0.25) is 0 Å². The summed E-state index contributed by atoms with van der Waals surface area (Å²) in [5, 5.41) is 3.44. The van der Waals surface area contributed by atoms with E-state index >= 15 is 0 Å². The van der Waals surface area contributed by atoms with Gasteiger partial charge in [-0.2, -0.15) is 0 Å². The number of carbonyl (C=O) groups is 1. The third-order valence-corrected chi connectivity index (χ3v) is 8.16. The Bertz CT molecular complexity index is 760. The van der Waals surface area contributed by atoms with Crippen molar-refractivity contribution in [2.24, 2.45) is 11.3 Å². The van der Waals surface area contributed by atoms with E-state index in [2.05, 4.69) is 26.1 Å². The second-order valence-electron chi connectivity index (χ2n) is 8.12. The molecular formula is C17H26N2O3S2. The Kier molecular flexibility index (Phi) is 4.45. The Morgan fingerprint density at radius 2 is 2.00 bits per heavy atom. The SMILES string of the molecule is CC(C)(C)[C@@H]1CCc2c(sc(N)c2C(=O)N[C@@H]2CCS(=O)(=O)C2)C1. The summed E-state index contributed by atoms with van der Waals surface area (Å²) in [5.74, 6) is 0.583. The van der Waals surface area contributed by atoms with Crippen molar-refractivity contribution in [3.05, 3.63) is 16.0 Å². The number of sulfone groups is 1. The van der Waals surface area contributed by atoms with E-state index in [1.165, 1.54) is 16.2 Å². The predicted octanol–water partition coefficient (Wildman–Crippen LogP) is 2.40. The number of rotatable bonds is 2. The molecule has 0 unspecified atom stereocenters. The van der Waals surface area contributed by atoms with Crippen LogP contribution in [0.4, 0.5) is 5.00 Å². The average molecular weight is 371 g/mol. The number of fused-ring (bicyclic) bond motifs is 1. The summed E-state index contributed by atoms with van der Waals surface area (Å²) < 4.78 is 23.1. The van der Waals surface area contributed by atoms with Crippen LogP contribution in [-0.4, -0.2) is 31.9 Å². The van der Waals surface area contributed by atoms with Gasteiger partial charge in [0.25, 0.3) is 5.91 Å². The van der Waals surface area contributed by atoms with Crippen LogP contribution < -0.4 is 11.1 Å². The van der Waals surface area contributed by atoms with Gasteiger partial charge in [0, 0.05) is 10.9 Å². The zero-order chi connectivity index (χ0) is 17.7. The molecule has 1 aromatic heterocycles. The number of nitrogens with one attached hydrogen (secondary N) is 1. The van der Waals surface area contributed by atoms with Gasteiger partial charge in [-0.05, 0) is 42.6 Å². The first-order chi connectivity index (χ1) is 11.1. The number of anilines is 1. The maximum absolute atomic E-state index is 12.7. The second-order valence-corrected chi connectivity index (χ2v) is 11.5. The Labute approximate surface area is 147 Å². The van der Waals surface area contributed by atoms with Gasteiger partial charge in [0.1, 0.15) is 0 Å². The molecule has 0 saturated carbocycles. The van der Waals surface area contributed by atoms with Crippen molar-refractivity contribution in [3.63, 3.8) is 0 Å². The standard InChI is InChI=1S/C17H26N2O3S2/c1-17(2,3)10-4-5-12-13(8-10)23-15(18)14(12)16(20)19-11-6-7-24(21,22)9-11/h10-11H,4-9,18H2,1-3H3,(H,19,20)/t10-,11-/m1/s1. The highest BCUT2D eigenvalue weighted by atomic mass is 32.2. The minimum absolute atomic E-state index is 0.0388. The molecule has 0 bridgehead atoms. The van der Waals surface area contributed by atoms with Crippen LogP contribution in [0.5, 0.6) is 0 Å². The van der Waals surface area contributed by atoms with Crippen LogP contribution in [0.3, 0.4) is 0 Å². The lowest BCUT2D eigenvalue weighted by molar-refractivity contribution is 0.0941. The molecule has 0 spiro atoms. The first kappa shape index (κ1) is 17.7. The molecule has 1 aliphatic carbocycles. The third-order valence-electron chi connectivity index (χ3n) is 5.31. The number of hydrogen-bond donors (Lipinski definition) is 2. The van der Waals surface area contributed by atoms with Crippen molar-refractivity contribution in [1.29, 1.82) is 0 Å². The van der Waals surface area contributed by atoms with Crippen LogP contribution in [0.1, 0.15) is 54.4 Å². The molecule has 1 amide bonds. The number of thiophene rings is 1. The zero-order valence-electron chi connectivity index (χ0n) is 14.5.